The lowest BCUT2D eigenvalue weighted by molar-refractivity contribution is -0.123. The van der Waals surface area contributed by atoms with Gasteiger partial charge in [0.1, 0.15) is 17.3 Å². The monoisotopic (exact) mass is 696 g/mol. The third-order valence-electron chi connectivity index (χ3n) is 6.40. The number of hydrogen-bond donors (Lipinski definition) is 1. The number of ether oxygens (including phenoxy) is 2. The molecule has 0 unspecified atom stereocenters. The van der Waals surface area contributed by atoms with Crippen molar-refractivity contribution in [3.8, 4) is 17.2 Å². The van der Waals surface area contributed by atoms with Crippen molar-refractivity contribution in [2.45, 2.75) is 11.8 Å². The fourth-order valence-corrected chi connectivity index (χ4v) is 6.85. The Morgan fingerprint density at radius 3 is 2.45 bits per heavy atom. The minimum absolute atomic E-state index is 0.0642. The first-order valence-corrected chi connectivity index (χ1v) is 16.1. The van der Waals surface area contributed by atoms with Gasteiger partial charge in [0, 0.05) is 18.0 Å². The van der Waals surface area contributed by atoms with E-state index in [1.165, 1.54) is 50.4 Å². The van der Waals surface area contributed by atoms with Crippen molar-refractivity contribution < 1.29 is 36.5 Å². The van der Waals surface area contributed by atoms with Crippen molar-refractivity contribution >= 4 is 77.4 Å². The summed E-state index contributed by atoms with van der Waals surface area (Å²) in [4.78, 5) is 38.2. The van der Waals surface area contributed by atoms with Crippen LogP contribution >= 0.6 is 27.7 Å². The molecule has 1 aliphatic heterocycles. The predicted molar refractivity (Wildman–Crippen MR) is 171 cm³/mol. The van der Waals surface area contributed by atoms with Gasteiger partial charge in [0.15, 0.2) is 11.5 Å². The zero-order chi connectivity index (χ0) is 31.4. The van der Waals surface area contributed by atoms with E-state index in [0.717, 1.165) is 27.4 Å². The first-order valence-electron chi connectivity index (χ1n) is 13.1. The predicted octanol–water partition coefficient (Wildman–Crippen LogP) is 6.45. The zero-order valence-corrected chi connectivity index (χ0v) is 26.6. The molecule has 10 nitrogen and oxygen atoms in total. The normalized spacial score (nSPS) is 14.2. The van der Waals surface area contributed by atoms with Crippen LogP contribution in [0.4, 0.5) is 10.5 Å². The number of anilines is 1. The maximum absolute atomic E-state index is 13.1. The van der Waals surface area contributed by atoms with Gasteiger partial charge in [0.25, 0.3) is 11.1 Å². The number of nitrogens with zero attached hydrogens (tertiary/aromatic N) is 1. The van der Waals surface area contributed by atoms with Gasteiger partial charge in [-0.2, -0.15) is 8.42 Å². The Morgan fingerprint density at radius 2 is 1.73 bits per heavy atom. The van der Waals surface area contributed by atoms with E-state index in [4.69, 9.17) is 13.7 Å². The molecule has 0 atom stereocenters. The van der Waals surface area contributed by atoms with Crippen LogP contribution in [0.1, 0.15) is 12.5 Å². The van der Waals surface area contributed by atoms with E-state index in [1.54, 1.807) is 6.07 Å². The Balaban J connectivity index is 1.29. The molecule has 0 bridgehead atoms. The van der Waals surface area contributed by atoms with E-state index in [2.05, 4.69) is 21.2 Å². The lowest BCUT2D eigenvalue weighted by Crippen LogP contribution is -2.32. The van der Waals surface area contributed by atoms with Crippen LogP contribution in [-0.2, 0) is 19.7 Å². The Hall–Kier alpha value is -4.33. The molecule has 0 aliphatic carbocycles. The van der Waals surface area contributed by atoms with Crippen LogP contribution in [0.15, 0.2) is 93.1 Å². The third-order valence-corrected chi connectivity index (χ3v) is 9.13. The molecule has 0 radical (unpaired) electrons. The smallest absolute Gasteiger partial charge is 0.339 e. The maximum Gasteiger partial charge on any atom is 0.339 e. The quantitative estimate of drug-likeness (QED) is 0.147. The van der Waals surface area contributed by atoms with Gasteiger partial charge in [0.05, 0.1) is 23.0 Å². The van der Waals surface area contributed by atoms with E-state index >= 15 is 0 Å². The lowest BCUT2D eigenvalue weighted by Gasteiger charge is -2.14. The van der Waals surface area contributed by atoms with E-state index in [0.29, 0.717) is 17.0 Å². The number of rotatable bonds is 10. The molecule has 1 aliphatic rings. The highest BCUT2D eigenvalue weighted by atomic mass is 79.9. The number of carbonyl (C=O) groups is 3. The minimum Gasteiger partial charge on any atom is -0.493 e. The van der Waals surface area contributed by atoms with Crippen LogP contribution in [0.3, 0.4) is 0 Å². The maximum atomic E-state index is 13.1. The average molecular weight is 698 g/mol. The Kier molecular flexibility index (Phi) is 9.28. The van der Waals surface area contributed by atoms with E-state index in [-0.39, 0.29) is 44.8 Å². The van der Waals surface area contributed by atoms with Gasteiger partial charge >= 0.3 is 10.1 Å². The van der Waals surface area contributed by atoms with Crippen LogP contribution in [0, 0.1) is 0 Å². The van der Waals surface area contributed by atoms with Crippen LogP contribution in [0.5, 0.6) is 17.2 Å². The number of carbonyl (C=O) groups excluding carboxylic acids is 3. The van der Waals surface area contributed by atoms with E-state index in [9.17, 15) is 22.8 Å². The fraction of sp³-hybridized carbons (Fsp3) is 0.129. The summed E-state index contributed by atoms with van der Waals surface area (Å²) >= 11 is 4.13. The van der Waals surface area contributed by atoms with Crippen molar-refractivity contribution in [1.29, 1.82) is 0 Å². The topological polar surface area (TPSA) is 128 Å². The molecule has 1 saturated heterocycles. The molecule has 0 saturated carbocycles. The van der Waals surface area contributed by atoms with E-state index < -0.39 is 21.3 Å². The Bertz CT molecular complexity index is 1900. The minimum atomic E-state index is -4.27. The number of amides is 3. The summed E-state index contributed by atoms with van der Waals surface area (Å²) in [6, 6.07) is 22.0. The summed E-state index contributed by atoms with van der Waals surface area (Å²) in [6.45, 7) is 1.53. The van der Waals surface area contributed by atoms with Crippen LogP contribution in [-0.4, -0.2) is 50.6 Å². The third kappa shape index (κ3) is 6.90. The number of methoxy groups -OCH3 is 1. The highest BCUT2D eigenvalue weighted by molar-refractivity contribution is 9.10. The molecular formula is C31H25BrN2O8S2. The summed E-state index contributed by atoms with van der Waals surface area (Å²) < 4.78 is 42.9. The largest absolute Gasteiger partial charge is 0.493 e. The number of nitrogens with one attached hydrogen (secondary N) is 1. The fourth-order valence-electron chi connectivity index (χ4n) is 4.38. The number of imide groups is 1. The molecule has 0 aromatic heterocycles. The van der Waals surface area contributed by atoms with Crippen molar-refractivity contribution in [3.63, 3.8) is 0 Å². The molecule has 4 aromatic carbocycles. The lowest BCUT2D eigenvalue weighted by atomic mass is 10.1. The summed E-state index contributed by atoms with van der Waals surface area (Å²) in [5, 5.41) is 4.09. The van der Waals surface area contributed by atoms with Gasteiger partial charge in [-0.15, -0.1) is 0 Å². The molecule has 1 fully saturated rings. The highest BCUT2D eigenvalue weighted by Crippen LogP contribution is 2.40. The zero-order valence-electron chi connectivity index (χ0n) is 23.4. The summed E-state index contributed by atoms with van der Waals surface area (Å²) in [6.07, 6.45) is 1.52. The van der Waals surface area contributed by atoms with Gasteiger partial charge in [-0.3, -0.25) is 19.3 Å². The molecule has 5 rings (SSSR count). The molecule has 0 spiro atoms. The Morgan fingerprint density at radius 1 is 1.00 bits per heavy atom. The molecule has 1 heterocycles. The Labute approximate surface area is 266 Å². The van der Waals surface area contributed by atoms with Crippen LogP contribution in [0.25, 0.3) is 16.8 Å². The number of thioether (sulfide) groups is 1. The molecular weight excluding hydrogens is 672 g/mol. The summed E-state index contributed by atoms with van der Waals surface area (Å²) in [5.41, 5.74) is 0.900. The van der Waals surface area contributed by atoms with Crippen LogP contribution in [0.2, 0.25) is 0 Å². The molecule has 4 aromatic rings. The molecule has 13 heteroatoms. The average Bonchev–Trinajstić information content (AvgIpc) is 3.25. The number of hydrogen-bond acceptors (Lipinski definition) is 9. The second-order valence-electron chi connectivity index (χ2n) is 9.44. The molecule has 44 heavy (non-hydrogen) atoms. The molecule has 3 amide bonds. The van der Waals surface area contributed by atoms with Crippen molar-refractivity contribution in [2.24, 2.45) is 0 Å². The summed E-state index contributed by atoms with van der Waals surface area (Å²) in [7, 11) is -2.93. The van der Waals surface area contributed by atoms with Gasteiger partial charge in [-0.25, -0.2) is 0 Å². The second kappa shape index (κ2) is 13.1. The van der Waals surface area contributed by atoms with Crippen molar-refractivity contribution in [2.75, 3.05) is 25.6 Å². The standard InChI is InChI=1S/C31H25BrN2O8S2/c1-19(35)33-22-10-12-23(13-11-22)44(38,39)42-29-25(32)16-20(17-27(29)40-2)18-28-30(36)34(31(37)43-28)14-15-41-26-9-5-7-21-6-3-4-8-24(21)26/h3-13,16-18H,14-15H2,1-2H3,(H,33,35)/b28-18-. The number of benzene rings is 4. The summed E-state index contributed by atoms with van der Waals surface area (Å²) in [5.74, 6) is -0.126. The number of fused-ring (bicyclic) bond motifs is 1. The van der Waals surface area contributed by atoms with Crippen molar-refractivity contribution in [1.82, 2.24) is 4.90 Å². The molecule has 1 N–H and O–H groups in total. The first kappa shape index (κ1) is 31.1. The SMILES string of the molecule is COc1cc(/C=C2\SC(=O)N(CCOc3cccc4ccccc34)C2=O)cc(Br)c1OS(=O)(=O)c1ccc(NC(C)=O)cc1. The first-order chi connectivity index (χ1) is 21.1. The van der Waals surface area contributed by atoms with Gasteiger partial charge in [0.2, 0.25) is 5.91 Å². The van der Waals surface area contributed by atoms with Gasteiger partial charge < -0.3 is 19.0 Å². The number of halogens is 1. The second-order valence-corrected chi connectivity index (χ2v) is 12.8. The van der Waals surface area contributed by atoms with Gasteiger partial charge in [-0.05, 0) is 87.2 Å². The van der Waals surface area contributed by atoms with Crippen molar-refractivity contribution in [3.05, 3.63) is 93.8 Å². The van der Waals surface area contributed by atoms with Gasteiger partial charge in [-0.1, -0.05) is 36.4 Å². The molecule has 226 valence electrons. The van der Waals surface area contributed by atoms with Crippen LogP contribution < -0.4 is 19.0 Å². The van der Waals surface area contributed by atoms with E-state index in [1.807, 2.05) is 42.5 Å². The highest BCUT2D eigenvalue weighted by Gasteiger charge is 2.35.